The van der Waals surface area contributed by atoms with Crippen LogP contribution in [0.3, 0.4) is 0 Å². The van der Waals surface area contributed by atoms with Gasteiger partial charge in [-0.2, -0.15) is 0 Å². The number of rotatable bonds is 4. The highest BCUT2D eigenvalue weighted by Gasteiger charge is 2.24. The number of aromatic hydroxyl groups is 1. The van der Waals surface area contributed by atoms with Crippen LogP contribution in [0.25, 0.3) is 0 Å². The van der Waals surface area contributed by atoms with E-state index in [0.29, 0.717) is 17.3 Å². The van der Waals surface area contributed by atoms with Gasteiger partial charge >= 0.3 is 5.97 Å². The van der Waals surface area contributed by atoms with Crippen molar-refractivity contribution in [3.05, 3.63) is 28.8 Å². The average Bonchev–Trinajstić information content (AvgIpc) is 2.37. The SMILES string of the molecule is COC(=O)CSCc1cc(C(C)(C)C)cc(C(C)(C)C)c1O. The number of carbonyl (C=O) groups is 1. The van der Waals surface area contributed by atoms with Crippen molar-refractivity contribution in [3.8, 4) is 5.75 Å². The van der Waals surface area contributed by atoms with E-state index in [9.17, 15) is 9.90 Å². The number of benzene rings is 1. The van der Waals surface area contributed by atoms with E-state index in [1.54, 1.807) is 0 Å². The topological polar surface area (TPSA) is 46.5 Å². The van der Waals surface area contributed by atoms with E-state index < -0.39 is 0 Å². The van der Waals surface area contributed by atoms with Crippen molar-refractivity contribution < 1.29 is 14.6 Å². The van der Waals surface area contributed by atoms with Gasteiger partial charge < -0.3 is 9.84 Å². The minimum absolute atomic E-state index is 0.00939. The third kappa shape index (κ3) is 4.94. The number of ether oxygens (including phenoxy) is 1. The van der Waals surface area contributed by atoms with Crippen LogP contribution < -0.4 is 0 Å². The van der Waals surface area contributed by atoms with E-state index in [-0.39, 0.29) is 16.8 Å². The number of hydrogen-bond acceptors (Lipinski definition) is 4. The molecule has 0 heterocycles. The van der Waals surface area contributed by atoms with Crippen molar-refractivity contribution >= 4 is 17.7 Å². The van der Waals surface area contributed by atoms with Crippen molar-refractivity contribution in [3.63, 3.8) is 0 Å². The minimum atomic E-state index is -0.243. The molecule has 1 rings (SSSR count). The molecule has 0 bridgehead atoms. The van der Waals surface area contributed by atoms with Crippen molar-refractivity contribution in [2.75, 3.05) is 12.9 Å². The first-order chi connectivity index (χ1) is 9.96. The van der Waals surface area contributed by atoms with Crippen molar-refractivity contribution in [2.24, 2.45) is 0 Å². The van der Waals surface area contributed by atoms with E-state index in [1.165, 1.54) is 24.4 Å². The van der Waals surface area contributed by atoms with E-state index in [4.69, 9.17) is 0 Å². The first-order valence-corrected chi connectivity index (χ1v) is 8.63. The molecule has 0 fully saturated rings. The maximum Gasteiger partial charge on any atom is 0.315 e. The van der Waals surface area contributed by atoms with Crippen LogP contribution in [0, 0.1) is 0 Å². The molecule has 4 heteroatoms. The number of phenols is 1. The predicted octanol–water partition coefficient (Wildman–Crippen LogP) is 4.39. The zero-order valence-electron chi connectivity index (χ0n) is 14.7. The Morgan fingerprint density at radius 3 is 2.18 bits per heavy atom. The molecule has 0 amide bonds. The Kier molecular flexibility index (Phi) is 5.96. The van der Waals surface area contributed by atoms with Crippen LogP contribution in [0.15, 0.2) is 12.1 Å². The highest BCUT2D eigenvalue weighted by Crippen LogP contribution is 2.38. The molecule has 0 aliphatic carbocycles. The smallest absolute Gasteiger partial charge is 0.315 e. The normalized spacial score (nSPS) is 12.3. The van der Waals surface area contributed by atoms with E-state index in [1.807, 2.05) is 0 Å². The fraction of sp³-hybridized carbons (Fsp3) is 0.611. The number of phenolic OH excluding ortho intramolecular Hbond substituents is 1. The van der Waals surface area contributed by atoms with Gasteiger partial charge in [0.2, 0.25) is 0 Å². The molecule has 0 saturated heterocycles. The van der Waals surface area contributed by atoms with Gasteiger partial charge in [0.25, 0.3) is 0 Å². The summed E-state index contributed by atoms with van der Waals surface area (Å²) in [7, 11) is 1.39. The fourth-order valence-corrected chi connectivity index (χ4v) is 2.94. The van der Waals surface area contributed by atoms with Crippen molar-refractivity contribution in [2.45, 2.75) is 58.1 Å². The number of hydrogen-bond donors (Lipinski definition) is 1. The summed E-state index contributed by atoms with van der Waals surface area (Å²) in [5.74, 6) is 0.986. The third-order valence-corrected chi connectivity index (χ3v) is 4.52. The Morgan fingerprint density at radius 2 is 1.73 bits per heavy atom. The summed E-state index contributed by atoms with van der Waals surface area (Å²) in [6.07, 6.45) is 0. The molecule has 1 aromatic rings. The van der Waals surface area contributed by atoms with Gasteiger partial charge in [-0.3, -0.25) is 4.79 Å². The van der Waals surface area contributed by atoms with Gasteiger partial charge in [0.1, 0.15) is 5.75 Å². The molecule has 0 unspecified atom stereocenters. The Hall–Kier alpha value is -1.16. The van der Waals surface area contributed by atoms with E-state index in [2.05, 4.69) is 58.4 Å². The maximum absolute atomic E-state index is 11.2. The van der Waals surface area contributed by atoms with Crippen molar-refractivity contribution in [1.29, 1.82) is 0 Å². The molecular weight excluding hydrogens is 296 g/mol. The van der Waals surface area contributed by atoms with E-state index >= 15 is 0 Å². The highest BCUT2D eigenvalue weighted by molar-refractivity contribution is 7.99. The van der Waals surface area contributed by atoms with Crippen molar-refractivity contribution in [1.82, 2.24) is 0 Å². The quantitative estimate of drug-likeness (QED) is 0.834. The number of esters is 1. The summed E-state index contributed by atoms with van der Waals surface area (Å²) in [5, 5.41) is 10.6. The Morgan fingerprint density at radius 1 is 1.14 bits per heavy atom. The average molecular weight is 324 g/mol. The van der Waals surface area contributed by atoms with Crippen LogP contribution in [0.5, 0.6) is 5.75 Å². The first kappa shape index (κ1) is 18.9. The Labute approximate surface area is 138 Å². The zero-order valence-corrected chi connectivity index (χ0v) is 15.6. The molecular formula is C18H28O3S. The molecule has 0 spiro atoms. The van der Waals surface area contributed by atoms with Crippen LogP contribution in [0.4, 0.5) is 0 Å². The molecule has 0 aromatic heterocycles. The number of carbonyl (C=O) groups excluding carboxylic acids is 1. The summed E-state index contributed by atoms with van der Waals surface area (Å²) in [6, 6.07) is 4.15. The molecule has 1 N–H and O–H groups in total. The van der Waals surface area contributed by atoms with Crippen LogP contribution in [-0.4, -0.2) is 23.9 Å². The summed E-state index contributed by atoms with van der Waals surface area (Å²) >= 11 is 1.46. The van der Waals surface area contributed by atoms with Crippen LogP contribution in [-0.2, 0) is 26.1 Å². The van der Waals surface area contributed by atoms with Gasteiger partial charge in [-0.25, -0.2) is 0 Å². The molecule has 1 aromatic carbocycles. The van der Waals surface area contributed by atoms with E-state index in [0.717, 1.165) is 11.1 Å². The molecule has 0 saturated carbocycles. The second-order valence-electron chi connectivity index (χ2n) is 7.60. The second-order valence-corrected chi connectivity index (χ2v) is 8.59. The van der Waals surface area contributed by atoms with Gasteiger partial charge in [0.05, 0.1) is 12.9 Å². The lowest BCUT2D eigenvalue weighted by atomic mass is 9.79. The third-order valence-electron chi connectivity index (χ3n) is 3.57. The fourth-order valence-electron chi connectivity index (χ4n) is 2.11. The maximum atomic E-state index is 11.2. The largest absolute Gasteiger partial charge is 0.507 e. The van der Waals surface area contributed by atoms with Crippen LogP contribution in [0.2, 0.25) is 0 Å². The highest BCUT2D eigenvalue weighted by atomic mass is 32.2. The van der Waals surface area contributed by atoms with Gasteiger partial charge in [0.15, 0.2) is 0 Å². The predicted molar refractivity (Wildman–Crippen MR) is 93.7 cm³/mol. The molecule has 0 aliphatic rings. The van der Waals surface area contributed by atoms with Crippen LogP contribution >= 0.6 is 11.8 Å². The molecule has 124 valence electrons. The monoisotopic (exact) mass is 324 g/mol. The lowest BCUT2D eigenvalue weighted by molar-refractivity contribution is -0.137. The number of thioether (sulfide) groups is 1. The second kappa shape index (κ2) is 6.95. The van der Waals surface area contributed by atoms with Gasteiger partial charge in [-0.15, -0.1) is 11.8 Å². The summed E-state index contributed by atoms with van der Waals surface area (Å²) in [4.78, 5) is 11.2. The minimum Gasteiger partial charge on any atom is -0.507 e. The van der Waals surface area contributed by atoms with Gasteiger partial charge in [0, 0.05) is 11.3 Å². The Bertz CT molecular complexity index is 536. The standard InChI is InChI=1S/C18H28O3S/c1-17(2,3)13-8-12(10-22-11-15(19)21-7)16(20)14(9-13)18(4,5)6/h8-9,20H,10-11H2,1-7H3. The number of methoxy groups -OCH3 is 1. The molecule has 0 radical (unpaired) electrons. The van der Waals surface area contributed by atoms with Gasteiger partial charge in [-0.05, 0) is 22.0 Å². The first-order valence-electron chi connectivity index (χ1n) is 7.48. The Balaban J connectivity index is 3.17. The van der Waals surface area contributed by atoms with Gasteiger partial charge in [-0.1, -0.05) is 53.7 Å². The summed E-state index contributed by atoms with van der Waals surface area (Å²) < 4.78 is 4.65. The lowest BCUT2D eigenvalue weighted by Gasteiger charge is -2.27. The zero-order chi connectivity index (χ0) is 17.1. The lowest BCUT2D eigenvalue weighted by Crippen LogP contribution is -2.17. The van der Waals surface area contributed by atoms with Crippen LogP contribution in [0.1, 0.15) is 58.2 Å². The molecule has 0 atom stereocenters. The molecule has 0 aliphatic heterocycles. The molecule has 3 nitrogen and oxygen atoms in total. The summed E-state index contributed by atoms with van der Waals surface area (Å²) in [6.45, 7) is 12.8. The molecule has 22 heavy (non-hydrogen) atoms. The summed E-state index contributed by atoms with van der Waals surface area (Å²) in [5.41, 5.74) is 2.91.